The molecule has 6 nitrogen and oxygen atoms in total. The van der Waals surface area contributed by atoms with E-state index in [0.29, 0.717) is 19.3 Å². The Morgan fingerprint density at radius 2 is 0.476 bits per heavy atom. The van der Waals surface area contributed by atoms with Crippen LogP contribution in [0, 0.1) is 0 Å². The molecule has 0 amide bonds. The highest BCUT2D eigenvalue weighted by molar-refractivity contribution is 5.71. The van der Waals surface area contributed by atoms with Crippen molar-refractivity contribution in [2.75, 3.05) is 13.2 Å². The van der Waals surface area contributed by atoms with E-state index in [1.165, 1.54) is 161 Å². The molecule has 0 spiro atoms. The van der Waals surface area contributed by atoms with Crippen LogP contribution in [0.1, 0.15) is 323 Å². The van der Waals surface area contributed by atoms with E-state index in [0.717, 1.165) is 122 Å². The van der Waals surface area contributed by atoms with Crippen molar-refractivity contribution < 1.29 is 28.6 Å². The largest absolute Gasteiger partial charge is 0.462 e. The Labute approximate surface area is 507 Å². The fourth-order valence-electron chi connectivity index (χ4n) is 9.55. The van der Waals surface area contributed by atoms with Gasteiger partial charge in [-0.15, -0.1) is 0 Å². The highest BCUT2D eigenvalue weighted by Crippen LogP contribution is 2.16. The Balaban J connectivity index is 4.27. The molecule has 0 aromatic heterocycles. The first kappa shape index (κ1) is 77.8. The predicted octanol–water partition coefficient (Wildman–Crippen LogP) is 23.9. The maximum absolute atomic E-state index is 12.9. The first-order valence-corrected chi connectivity index (χ1v) is 34.5. The van der Waals surface area contributed by atoms with Gasteiger partial charge in [-0.1, -0.05) is 309 Å². The van der Waals surface area contributed by atoms with E-state index < -0.39 is 6.10 Å². The van der Waals surface area contributed by atoms with E-state index in [-0.39, 0.29) is 31.1 Å². The molecule has 0 heterocycles. The van der Waals surface area contributed by atoms with E-state index in [1.807, 2.05) is 0 Å². The lowest BCUT2D eigenvalue weighted by atomic mass is 10.0. The number of hydrogen-bond acceptors (Lipinski definition) is 6. The summed E-state index contributed by atoms with van der Waals surface area (Å²) in [4.78, 5) is 38.4. The van der Waals surface area contributed by atoms with Crippen LogP contribution in [0.2, 0.25) is 0 Å². The van der Waals surface area contributed by atoms with Crippen molar-refractivity contribution in [1.29, 1.82) is 0 Å². The topological polar surface area (TPSA) is 78.9 Å². The summed E-state index contributed by atoms with van der Waals surface area (Å²) in [6.07, 6.45) is 96.4. The molecule has 1 unspecified atom stereocenters. The van der Waals surface area contributed by atoms with Crippen molar-refractivity contribution in [3.05, 3.63) is 122 Å². The molecule has 468 valence electrons. The molecule has 0 aromatic carbocycles. The average molecular weight is 1140 g/mol. The quantitative estimate of drug-likeness (QED) is 0.0261. The molecule has 1 atom stereocenters. The summed E-state index contributed by atoms with van der Waals surface area (Å²) >= 11 is 0. The van der Waals surface area contributed by atoms with Crippen LogP contribution in [0.15, 0.2) is 122 Å². The predicted molar refractivity (Wildman–Crippen MR) is 357 cm³/mol. The molecular weight excluding hydrogens is 1010 g/mol. The minimum Gasteiger partial charge on any atom is -0.462 e. The van der Waals surface area contributed by atoms with Gasteiger partial charge in [-0.25, -0.2) is 0 Å². The molecule has 0 rings (SSSR count). The molecule has 0 aliphatic carbocycles. The third kappa shape index (κ3) is 66.6. The number of carbonyl (C=O) groups is 3. The Morgan fingerprint density at radius 3 is 0.768 bits per heavy atom. The number of unbranched alkanes of at least 4 members (excludes halogenated alkanes) is 31. The fourth-order valence-corrected chi connectivity index (χ4v) is 9.55. The summed E-state index contributed by atoms with van der Waals surface area (Å²) in [6.45, 7) is 6.51. The summed E-state index contributed by atoms with van der Waals surface area (Å²) in [6, 6.07) is 0. The second kappa shape index (κ2) is 69.3. The van der Waals surface area contributed by atoms with Crippen LogP contribution in [-0.2, 0) is 28.6 Å². The Hall–Kier alpha value is -4.19. The lowest BCUT2D eigenvalue weighted by Crippen LogP contribution is -2.30. The maximum atomic E-state index is 12.9. The number of esters is 3. The normalized spacial score (nSPS) is 12.9. The monoisotopic (exact) mass is 1140 g/mol. The molecule has 82 heavy (non-hydrogen) atoms. The number of carbonyl (C=O) groups excluding carboxylic acids is 3. The molecule has 0 aromatic rings. The van der Waals surface area contributed by atoms with Gasteiger partial charge in [0.05, 0.1) is 0 Å². The lowest BCUT2D eigenvalue weighted by Gasteiger charge is -2.18. The molecule has 0 fully saturated rings. The van der Waals surface area contributed by atoms with Crippen LogP contribution in [0.3, 0.4) is 0 Å². The first-order chi connectivity index (χ1) is 40.5. The van der Waals surface area contributed by atoms with Crippen molar-refractivity contribution in [3.63, 3.8) is 0 Å². The van der Waals surface area contributed by atoms with Crippen molar-refractivity contribution in [2.45, 2.75) is 329 Å². The number of hydrogen-bond donors (Lipinski definition) is 0. The van der Waals surface area contributed by atoms with Crippen LogP contribution in [0.5, 0.6) is 0 Å². The molecule has 0 saturated carbocycles. The van der Waals surface area contributed by atoms with Crippen molar-refractivity contribution in [1.82, 2.24) is 0 Å². The zero-order valence-corrected chi connectivity index (χ0v) is 53.7. The van der Waals surface area contributed by atoms with Gasteiger partial charge in [0.25, 0.3) is 0 Å². The molecule has 0 radical (unpaired) electrons. The van der Waals surface area contributed by atoms with Gasteiger partial charge in [0.2, 0.25) is 0 Å². The van der Waals surface area contributed by atoms with E-state index >= 15 is 0 Å². The van der Waals surface area contributed by atoms with Crippen molar-refractivity contribution in [2.24, 2.45) is 0 Å². The van der Waals surface area contributed by atoms with Crippen LogP contribution in [0.25, 0.3) is 0 Å². The molecule has 0 N–H and O–H groups in total. The van der Waals surface area contributed by atoms with Gasteiger partial charge in [-0.05, 0) is 116 Å². The zero-order chi connectivity index (χ0) is 59.2. The summed E-state index contributed by atoms with van der Waals surface area (Å²) in [5, 5.41) is 0. The Morgan fingerprint density at radius 1 is 0.256 bits per heavy atom. The summed E-state index contributed by atoms with van der Waals surface area (Å²) in [5.74, 6) is -0.884. The van der Waals surface area contributed by atoms with E-state index in [1.54, 1.807) is 0 Å². The van der Waals surface area contributed by atoms with E-state index in [9.17, 15) is 14.4 Å². The van der Waals surface area contributed by atoms with Crippen LogP contribution >= 0.6 is 0 Å². The summed E-state index contributed by atoms with van der Waals surface area (Å²) in [7, 11) is 0. The molecule has 0 bridgehead atoms. The Kier molecular flexibility index (Phi) is 65.8. The molecule has 6 heteroatoms. The highest BCUT2D eigenvalue weighted by atomic mass is 16.6. The van der Waals surface area contributed by atoms with E-state index in [2.05, 4.69) is 142 Å². The van der Waals surface area contributed by atoms with Crippen molar-refractivity contribution in [3.8, 4) is 0 Å². The maximum Gasteiger partial charge on any atom is 0.306 e. The van der Waals surface area contributed by atoms with Gasteiger partial charge in [0, 0.05) is 19.3 Å². The molecular formula is C76H128O6. The Bertz CT molecular complexity index is 1690. The smallest absolute Gasteiger partial charge is 0.306 e. The zero-order valence-electron chi connectivity index (χ0n) is 53.7. The summed E-state index contributed by atoms with van der Waals surface area (Å²) < 4.78 is 16.9. The van der Waals surface area contributed by atoms with Gasteiger partial charge in [0.1, 0.15) is 13.2 Å². The third-order valence-corrected chi connectivity index (χ3v) is 14.7. The van der Waals surface area contributed by atoms with Gasteiger partial charge in [-0.3, -0.25) is 14.4 Å². The molecule has 0 aliphatic rings. The number of ether oxygens (including phenoxy) is 3. The fraction of sp³-hybridized carbons (Fsp3) is 0.697. The minimum absolute atomic E-state index is 0.0805. The van der Waals surface area contributed by atoms with E-state index in [4.69, 9.17) is 14.2 Å². The van der Waals surface area contributed by atoms with Gasteiger partial charge >= 0.3 is 17.9 Å². The SMILES string of the molecule is CC/C=C\C/C=C\C/C=C\C/C=C\C/C=C\C/C=C\C/C=C\C/C=C\CCCCCCCCCCC(=O)OCC(COC(=O)CCCCCCCCCCCCCC)OC(=O)CCCCCCCCCCC/C=C\C/C=C\CCCCC. The van der Waals surface area contributed by atoms with Crippen LogP contribution in [0.4, 0.5) is 0 Å². The van der Waals surface area contributed by atoms with Gasteiger partial charge in [0.15, 0.2) is 6.10 Å². The summed E-state index contributed by atoms with van der Waals surface area (Å²) in [5.41, 5.74) is 0. The number of rotatable bonds is 62. The van der Waals surface area contributed by atoms with Crippen LogP contribution < -0.4 is 0 Å². The lowest BCUT2D eigenvalue weighted by molar-refractivity contribution is -0.167. The number of allylic oxidation sites excluding steroid dienone is 20. The second-order valence-corrected chi connectivity index (χ2v) is 22.7. The average Bonchev–Trinajstić information content (AvgIpc) is 3.47. The van der Waals surface area contributed by atoms with Gasteiger partial charge < -0.3 is 14.2 Å². The third-order valence-electron chi connectivity index (χ3n) is 14.7. The van der Waals surface area contributed by atoms with Crippen LogP contribution in [-0.4, -0.2) is 37.2 Å². The highest BCUT2D eigenvalue weighted by Gasteiger charge is 2.19. The second-order valence-electron chi connectivity index (χ2n) is 22.7. The minimum atomic E-state index is -0.785. The van der Waals surface area contributed by atoms with Crippen molar-refractivity contribution >= 4 is 17.9 Å². The first-order valence-electron chi connectivity index (χ1n) is 34.5. The van der Waals surface area contributed by atoms with Gasteiger partial charge in [-0.2, -0.15) is 0 Å². The molecule has 0 saturated heterocycles. The molecule has 0 aliphatic heterocycles. The standard InChI is InChI=1S/C76H128O6/c1-4-7-10-13-16-19-22-25-27-29-31-32-33-34-35-36-37-38-39-40-41-42-43-44-46-47-49-51-54-57-60-63-66-69-75(78)81-72-73(71-80-74(77)68-65-62-59-56-53-24-21-18-15-12-9-6-3)82-76(79)70-67-64-61-58-55-52-50-48-45-30-28-26-23-20-17-14-11-8-5-2/h7,10,16-17,19-20,25-28,31-32,34-35,37-38,40-41,43-44,73H,4-6,8-9,11-15,18,21-24,29-30,33,36,39,42,45-72H2,1-3H3/b10-7-,19-16-,20-17-,27-25-,28-26-,32-31-,35-34-,38-37-,41-40-,44-43-.